The Morgan fingerprint density at radius 2 is 1.52 bits per heavy atom. The summed E-state index contributed by atoms with van der Waals surface area (Å²) in [6.07, 6.45) is 1.71. The van der Waals surface area contributed by atoms with E-state index in [0.717, 1.165) is 11.3 Å². The van der Waals surface area contributed by atoms with Crippen molar-refractivity contribution in [2.45, 2.75) is 19.6 Å². The molecule has 0 unspecified atom stereocenters. The lowest BCUT2D eigenvalue weighted by molar-refractivity contribution is -0.102. The van der Waals surface area contributed by atoms with Crippen molar-refractivity contribution in [3.8, 4) is 0 Å². The van der Waals surface area contributed by atoms with E-state index in [9.17, 15) is 0 Å². The zero-order valence-corrected chi connectivity index (χ0v) is 12.1. The van der Waals surface area contributed by atoms with Crippen LogP contribution in [-0.2, 0) is 9.47 Å². The Hall–Kier alpha value is -2.48. The molecule has 1 aliphatic heterocycles. The molecule has 0 saturated carbocycles. The minimum Gasteiger partial charge on any atom is -0.457 e. The van der Waals surface area contributed by atoms with Gasteiger partial charge in [0.2, 0.25) is 5.79 Å². The first-order valence-electron chi connectivity index (χ1n) is 7.11. The van der Waals surface area contributed by atoms with Crippen LogP contribution in [0.15, 0.2) is 60.9 Å². The topological polar surface area (TPSA) is 18.5 Å². The van der Waals surface area contributed by atoms with E-state index in [1.165, 1.54) is 21.5 Å². The fourth-order valence-electron chi connectivity index (χ4n) is 2.81. The molecule has 0 amide bonds. The Bertz CT molecular complexity index is 875. The van der Waals surface area contributed by atoms with Gasteiger partial charge in [0.15, 0.2) is 5.76 Å². The first-order valence-corrected chi connectivity index (χ1v) is 7.11. The van der Waals surface area contributed by atoms with E-state index in [2.05, 4.69) is 54.6 Å². The molecular weight excluding hydrogens is 260 g/mol. The van der Waals surface area contributed by atoms with E-state index in [1.54, 1.807) is 6.26 Å². The molecule has 0 bridgehead atoms. The van der Waals surface area contributed by atoms with Crippen LogP contribution in [0.4, 0.5) is 0 Å². The van der Waals surface area contributed by atoms with Crippen LogP contribution in [0.3, 0.4) is 0 Å². The molecule has 3 aromatic carbocycles. The summed E-state index contributed by atoms with van der Waals surface area (Å²) in [4.78, 5) is 0. The molecule has 4 rings (SSSR count). The predicted octanol–water partition coefficient (Wildman–Crippen LogP) is 5.07. The quantitative estimate of drug-likeness (QED) is 0.577. The molecule has 0 spiro atoms. The third kappa shape index (κ3) is 2.04. The van der Waals surface area contributed by atoms with Crippen LogP contribution in [0.5, 0.6) is 0 Å². The Kier molecular flexibility index (Phi) is 2.49. The van der Waals surface area contributed by atoms with Crippen LogP contribution < -0.4 is 0 Å². The molecule has 104 valence electrons. The average Bonchev–Trinajstić information content (AvgIpc) is 2.84. The normalized spacial score (nSPS) is 16.6. The first kappa shape index (κ1) is 12.3. The smallest absolute Gasteiger partial charge is 0.245 e. The fourth-order valence-corrected chi connectivity index (χ4v) is 2.81. The molecule has 0 saturated heterocycles. The zero-order chi connectivity index (χ0) is 14.4. The van der Waals surface area contributed by atoms with Crippen LogP contribution in [0.1, 0.15) is 19.4 Å². The van der Waals surface area contributed by atoms with Gasteiger partial charge in [0.05, 0.1) is 0 Å². The van der Waals surface area contributed by atoms with Crippen molar-refractivity contribution in [3.05, 3.63) is 66.4 Å². The van der Waals surface area contributed by atoms with Gasteiger partial charge >= 0.3 is 0 Å². The number of ether oxygens (including phenoxy) is 2. The Morgan fingerprint density at radius 1 is 0.810 bits per heavy atom. The molecule has 0 aliphatic carbocycles. The molecule has 2 nitrogen and oxygen atoms in total. The van der Waals surface area contributed by atoms with Crippen molar-refractivity contribution in [2.24, 2.45) is 0 Å². The van der Waals surface area contributed by atoms with Gasteiger partial charge in [0.25, 0.3) is 0 Å². The van der Waals surface area contributed by atoms with E-state index in [1.807, 2.05) is 13.8 Å². The van der Waals surface area contributed by atoms with Crippen LogP contribution in [0.25, 0.3) is 27.3 Å². The van der Waals surface area contributed by atoms with Gasteiger partial charge in [-0.05, 0) is 33.7 Å². The van der Waals surface area contributed by atoms with E-state index in [-0.39, 0.29) is 0 Å². The Labute approximate surface area is 123 Å². The van der Waals surface area contributed by atoms with Crippen LogP contribution in [0, 0.1) is 0 Å². The van der Waals surface area contributed by atoms with Gasteiger partial charge in [-0.15, -0.1) is 0 Å². The molecule has 1 aliphatic rings. The fraction of sp³-hybridized carbons (Fsp3) is 0.158. The van der Waals surface area contributed by atoms with Gasteiger partial charge in [-0.2, -0.15) is 0 Å². The number of benzene rings is 3. The van der Waals surface area contributed by atoms with Crippen LogP contribution in [0.2, 0.25) is 0 Å². The summed E-state index contributed by atoms with van der Waals surface area (Å²) in [5, 5.41) is 4.88. The summed E-state index contributed by atoms with van der Waals surface area (Å²) >= 11 is 0. The maximum absolute atomic E-state index is 5.89. The van der Waals surface area contributed by atoms with Gasteiger partial charge in [0, 0.05) is 19.4 Å². The molecule has 0 N–H and O–H groups in total. The minimum absolute atomic E-state index is 0.589. The van der Waals surface area contributed by atoms with Gasteiger partial charge in [-0.1, -0.05) is 42.5 Å². The molecule has 0 fully saturated rings. The highest BCUT2D eigenvalue weighted by Gasteiger charge is 2.29. The van der Waals surface area contributed by atoms with Crippen LogP contribution >= 0.6 is 0 Å². The van der Waals surface area contributed by atoms with E-state index in [0.29, 0.717) is 0 Å². The summed E-state index contributed by atoms with van der Waals surface area (Å²) in [5.41, 5.74) is 1.07. The zero-order valence-electron chi connectivity index (χ0n) is 12.1. The highest BCUT2D eigenvalue weighted by Crippen LogP contribution is 2.35. The van der Waals surface area contributed by atoms with Gasteiger partial charge in [-0.25, -0.2) is 0 Å². The summed E-state index contributed by atoms with van der Waals surface area (Å²) in [5.74, 6) is 0.204. The summed E-state index contributed by atoms with van der Waals surface area (Å²) in [6, 6.07) is 19.1. The maximum atomic E-state index is 5.89. The van der Waals surface area contributed by atoms with Crippen molar-refractivity contribution in [3.63, 3.8) is 0 Å². The van der Waals surface area contributed by atoms with Crippen molar-refractivity contribution >= 4 is 27.3 Å². The lowest BCUT2D eigenvalue weighted by Gasteiger charge is -2.18. The summed E-state index contributed by atoms with van der Waals surface area (Å²) in [6.45, 7) is 3.83. The van der Waals surface area contributed by atoms with Crippen molar-refractivity contribution in [1.29, 1.82) is 0 Å². The molecule has 21 heavy (non-hydrogen) atoms. The number of fused-ring (bicyclic) bond motifs is 2. The number of hydrogen-bond donors (Lipinski definition) is 0. The average molecular weight is 276 g/mol. The SMILES string of the molecule is CC1(C)OC=C(c2cccc3cc4ccccc4cc23)O1. The van der Waals surface area contributed by atoms with Gasteiger partial charge < -0.3 is 9.47 Å². The van der Waals surface area contributed by atoms with Crippen molar-refractivity contribution in [1.82, 2.24) is 0 Å². The van der Waals surface area contributed by atoms with E-state index < -0.39 is 5.79 Å². The van der Waals surface area contributed by atoms with Gasteiger partial charge in [-0.3, -0.25) is 0 Å². The predicted molar refractivity (Wildman–Crippen MR) is 85.7 cm³/mol. The van der Waals surface area contributed by atoms with Crippen molar-refractivity contribution < 1.29 is 9.47 Å². The molecule has 0 aromatic heterocycles. The lowest BCUT2D eigenvalue weighted by atomic mass is 9.99. The first-order chi connectivity index (χ1) is 10.1. The minimum atomic E-state index is -0.589. The Morgan fingerprint density at radius 3 is 2.24 bits per heavy atom. The Balaban J connectivity index is 1.96. The largest absolute Gasteiger partial charge is 0.457 e. The lowest BCUT2D eigenvalue weighted by Crippen LogP contribution is -2.19. The summed E-state index contributed by atoms with van der Waals surface area (Å²) in [7, 11) is 0. The number of hydrogen-bond acceptors (Lipinski definition) is 2. The number of rotatable bonds is 1. The molecular formula is C19H16O2. The maximum Gasteiger partial charge on any atom is 0.245 e. The van der Waals surface area contributed by atoms with E-state index >= 15 is 0 Å². The highest BCUT2D eigenvalue weighted by atomic mass is 16.7. The second-order valence-electron chi connectivity index (χ2n) is 5.83. The molecule has 2 heteroatoms. The van der Waals surface area contributed by atoms with Crippen molar-refractivity contribution in [2.75, 3.05) is 0 Å². The molecule has 0 atom stereocenters. The monoisotopic (exact) mass is 276 g/mol. The van der Waals surface area contributed by atoms with E-state index in [4.69, 9.17) is 9.47 Å². The molecule has 1 heterocycles. The second kappa shape index (κ2) is 4.26. The standard InChI is InChI=1S/C19H16O2/c1-19(2)20-12-18(21-19)16-9-5-8-15-10-13-6-3-4-7-14(13)11-17(15)16/h3-12H,1-2H3. The van der Waals surface area contributed by atoms with Crippen LogP contribution in [-0.4, -0.2) is 5.79 Å². The third-order valence-electron chi connectivity index (χ3n) is 3.82. The summed E-state index contributed by atoms with van der Waals surface area (Å²) < 4.78 is 11.5. The molecule has 0 radical (unpaired) electrons. The molecule has 3 aromatic rings. The third-order valence-corrected chi connectivity index (χ3v) is 3.82. The highest BCUT2D eigenvalue weighted by molar-refractivity contribution is 6.02. The van der Waals surface area contributed by atoms with Gasteiger partial charge in [0.1, 0.15) is 6.26 Å². The second-order valence-corrected chi connectivity index (χ2v) is 5.83.